The molecule has 6 nitrogen and oxygen atoms in total. The molecule has 0 bridgehead atoms. The van der Waals surface area contributed by atoms with E-state index in [9.17, 15) is 9.59 Å². The van der Waals surface area contributed by atoms with Crippen LogP contribution in [0.2, 0.25) is 0 Å². The number of nitrogens with zero attached hydrogens (tertiary/aromatic N) is 1. The molecule has 7 heteroatoms. The summed E-state index contributed by atoms with van der Waals surface area (Å²) in [6.45, 7) is 3.22. The number of hydrogen-bond donors (Lipinski definition) is 1. The zero-order chi connectivity index (χ0) is 16.4. The number of rotatable bonds is 4. The first-order valence-electron chi connectivity index (χ1n) is 6.96. The minimum Gasteiger partial charge on any atom is -0.448 e. The van der Waals surface area contributed by atoms with E-state index < -0.39 is 18.0 Å². The summed E-state index contributed by atoms with van der Waals surface area (Å²) >= 11 is 1.33. The molecule has 0 fully saturated rings. The van der Waals surface area contributed by atoms with Crippen LogP contribution in [0, 0.1) is 6.92 Å². The second-order valence-corrected chi connectivity index (χ2v) is 6.09. The quantitative estimate of drug-likeness (QED) is 0.742. The van der Waals surface area contributed by atoms with E-state index in [1.807, 2.05) is 24.3 Å². The van der Waals surface area contributed by atoms with Crippen molar-refractivity contribution in [2.24, 2.45) is 0 Å². The van der Waals surface area contributed by atoms with Crippen molar-refractivity contribution in [3.05, 3.63) is 47.0 Å². The van der Waals surface area contributed by atoms with Gasteiger partial charge >= 0.3 is 5.97 Å². The van der Waals surface area contributed by atoms with Crippen LogP contribution >= 0.6 is 11.3 Å². The normalized spacial score (nSPS) is 12.1. The largest absolute Gasteiger partial charge is 0.448 e. The van der Waals surface area contributed by atoms with Crippen molar-refractivity contribution in [3.8, 4) is 0 Å². The first-order valence-corrected chi connectivity index (χ1v) is 7.78. The number of fused-ring (bicyclic) bond motifs is 1. The number of aryl methyl sites for hydroxylation is 1. The molecule has 23 heavy (non-hydrogen) atoms. The Morgan fingerprint density at radius 2 is 2.09 bits per heavy atom. The summed E-state index contributed by atoms with van der Waals surface area (Å²) in [5, 5.41) is 7.16. The molecule has 0 aliphatic heterocycles. The number of ether oxygens (including phenoxy) is 1. The summed E-state index contributed by atoms with van der Waals surface area (Å²) in [5.74, 6) is -0.120. The van der Waals surface area contributed by atoms with Gasteiger partial charge < -0.3 is 14.6 Å². The summed E-state index contributed by atoms with van der Waals surface area (Å²) in [4.78, 5) is 24.6. The molecule has 0 saturated carbocycles. The smallest absolute Gasteiger partial charge is 0.349 e. The third-order valence-corrected chi connectivity index (χ3v) is 4.26. The van der Waals surface area contributed by atoms with Crippen molar-refractivity contribution in [1.82, 2.24) is 5.16 Å². The number of thiophene rings is 1. The van der Waals surface area contributed by atoms with Crippen LogP contribution in [0.15, 0.2) is 40.9 Å². The van der Waals surface area contributed by atoms with Gasteiger partial charge in [0.2, 0.25) is 0 Å². The van der Waals surface area contributed by atoms with Crippen LogP contribution in [0.1, 0.15) is 22.4 Å². The Labute approximate surface area is 136 Å². The van der Waals surface area contributed by atoms with Crippen molar-refractivity contribution in [1.29, 1.82) is 0 Å². The summed E-state index contributed by atoms with van der Waals surface area (Å²) in [6.07, 6.45) is -0.940. The molecule has 1 N–H and O–H groups in total. The lowest BCUT2D eigenvalue weighted by molar-refractivity contribution is -0.123. The Kier molecular flexibility index (Phi) is 4.12. The molecule has 1 amide bonds. The van der Waals surface area contributed by atoms with Gasteiger partial charge in [-0.15, -0.1) is 11.3 Å². The Morgan fingerprint density at radius 1 is 1.30 bits per heavy atom. The number of benzene rings is 1. The number of carbonyl (C=O) groups is 2. The topological polar surface area (TPSA) is 81.4 Å². The Morgan fingerprint density at radius 3 is 2.78 bits per heavy atom. The SMILES string of the molecule is Cc1cc(NC(=O)[C@H](C)OC(=O)c2cc3ccccc3s2)no1. The van der Waals surface area contributed by atoms with Gasteiger partial charge in [-0.25, -0.2) is 4.79 Å². The lowest BCUT2D eigenvalue weighted by Crippen LogP contribution is -2.29. The van der Waals surface area contributed by atoms with Crippen LogP contribution < -0.4 is 5.32 Å². The minimum atomic E-state index is -0.940. The van der Waals surface area contributed by atoms with Crippen molar-refractivity contribution in [2.75, 3.05) is 5.32 Å². The molecule has 3 aromatic rings. The second-order valence-electron chi connectivity index (χ2n) is 5.01. The maximum absolute atomic E-state index is 12.2. The highest BCUT2D eigenvalue weighted by molar-refractivity contribution is 7.20. The summed E-state index contributed by atoms with van der Waals surface area (Å²) < 4.78 is 11.1. The molecule has 1 atom stereocenters. The molecule has 2 aromatic heterocycles. The third kappa shape index (κ3) is 3.40. The lowest BCUT2D eigenvalue weighted by atomic mass is 10.2. The minimum absolute atomic E-state index is 0.289. The van der Waals surface area contributed by atoms with Gasteiger partial charge in [0.1, 0.15) is 10.6 Å². The number of esters is 1. The first-order chi connectivity index (χ1) is 11.0. The summed E-state index contributed by atoms with van der Waals surface area (Å²) in [6, 6.07) is 11.0. The monoisotopic (exact) mass is 330 g/mol. The van der Waals surface area contributed by atoms with Gasteiger partial charge in [-0.05, 0) is 31.4 Å². The number of aromatic nitrogens is 1. The number of anilines is 1. The van der Waals surface area contributed by atoms with E-state index in [4.69, 9.17) is 9.26 Å². The number of nitrogens with one attached hydrogen (secondary N) is 1. The van der Waals surface area contributed by atoms with E-state index in [2.05, 4.69) is 10.5 Å². The summed E-state index contributed by atoms with van der Waals surface area (Å²) in [7, 11) is 0. The zero-order valence-electron chi connectivity index (χ0n) is 12.5. The van der Waals surface area contributed by atoms with Crippen LogP contribution in [0.25, 0.3) is 10.1 Å². The van der Waals surface area contributed by atoms with Crippen LogP contribution in [0.4, 0.5) is 5.82 Å². The standard InChI is InChI=1S/C16H14N2O4S/c1-9-7-14(18-22-9)17-15(19)10(2)21-16(20)13-8-11-5-3-4-6-12(11)23-13/h3-8,10H,1-2H3,(H,17,18,19)/t10-/m0/s1. The van der Waals surface area contributed by atoms with Gasteiger partial charge in [0, 0.05) is 10.8 Å². The summed E-state index contributed by atoms with van der Waals surface area (Å²) in [5.41, 5.74) is 0. The third-order valence-electron chi connectivity index (χ3n) is 3.16. The predicted octanol–water partition coefficient (Wildman–Crippen LogP) is 3.38. The van der Waals surface area contributed by atoms with Gasteiger partial charge in [-0.1, -0.05) is 23.4 Å². The first kappa shape index (κ1) is 15.2. The fraction of sp³-hybridized carbons (Fsp3) is 0.188. The molecule has 0 radical (unpaired) electrons. The Hall–Kier alpha value is -2.67. The van der Waals surface area contributed by atoms with Crippen LogP contribution in [0.5, 0.6) is 0 Å². The Bertz CT molecular complexity index is 835. The molecule has 0 aliphatic rings. The molecular weight excluding hydrogens is 316 g/mol. The lowest BCUT2D eigenvalue weighted by Gasteiger charge is -2.11. The van der Waals surface area contributed by atoms with E-state index in [1.54, 1.807) is 19.1 Å². The van der Waals surface area contributed by atoms with E-state index >= 15 is 0 Å². The zero-order valence-corrected chi connectivity index (χ0v) is 13.3. The number of amides is 1. The van der Waals surface area contributed by atoms with Crippen LogP contribution in [-0.2, 0) is 9.53 Å². The van der Waals surface area contributed by atoms with E-state index in [-0.39, 0.29) is 5.82 Å². The van der Waals surface area contributed by atoms with Crippen LogP contribution in [0.3, 0.4) is 0 Å². The molecule has 0 spiro atoms. The molecule has 1 aromatic carbocycles. The molecular formula is C16H14N2O4S. The van der Waals surface area contributed by atoms with Crippen molar-refractivity contribution < 1.29 is 18.8 Å². The number of hydrogen-bond acceptors (Lipinski definition) is 6. The van der Waals surface area contributed by atoms with Gasteiger partial charge in [0.25, 0.3) is 5.91 Å². The van der Waals surface area contributed by atoms with E-state index in [1.165, 1.54) is 18.3 Å². The van der Waals surface area contributed by atoms with Gasteiger partial charge in [0.05, 0.1) is 0 Å². The fourth-order valence-corrected chi connectivity index (χ4v) is 2.95. The molecule has 3 rings (SSSR count). The fourth-order valence-electron chi connectivity index (χ4n) is 2.01. The van der Waals surface area contributed by atoms with Crippen molar-refractivity contribution >= 4 is 39.1 Å². The average molecular weight is 330 g/mol. The van der Waals surface area contributed by atoms with Crippen molar-refractivity contribution in [2.45, 2.75) is 20.0 Å². The molecule has 0 unspecified atom stereocenters. The van der Waals surface area contributed by atoms with Gasteiger partial charge in [-0.3, -0.25) is 4.79 Å². The molecule has 2 heterocycles. The maximum Gasteiger partial charge on any atom is 0.349 e. The molecule has 0 saturated heterocycles. The van der Waals surface area contributed by atoms with Crippen molar-refractivity contribution in [3.63, 3.8) is 0 Å². The van der Waals surface area contributed by atoms with Gasteiger partial charge in [-0.2, -0.15) is 0 Å². The molecule has 0 aliphatic carbocycles. The highest BCUT2D eigenvalue weighted by Crippen LogP contribution is 2.26. The van der Waals surface area contributed by atoms with E-state index in [0.717, 1.165) is 10.1 Å². The molecule has 118 valence electrons. The maximum atomic E-state index is 12.2. The highest BCUT2D eigenvalue weighted by Gasteiger charge is 2.21. The van der Waals surface area contributed by atoms with Gasteiger partial charge in [0.15, 0.2) is 11.9 Å². The highest BCUT2D eigenvalue weighted by atomic mass is 32.1. The van der Waals surface area contributed by atoms with E-state index in [0.29, 0.717) is 10.6 Å². The average Bonchev–Trinajstić information content (AvgIpc) is 3.13. The van der Waals surface area contributed by atoms with Crippen LogP contribution in [-0.4, -0.2) is 23.1 Å². The Balaban J connectivity index is 1.65. The predicted molar refractivity (Wildman–Crippen MR) is 86.6 cm³/mol. The number of carbonyl (C=O) groups excluding carboxylic acids is 2. The second kappa shape index (κ2) is 6.21.